The first-order valence-corrected chi connectivity index (χ1v) is 7.11. The molecule has 1 heterocycles. The molecule has 0 fully saturated rings. The molecule has 0 aliphatic heterocycles. The lowest BCUT2D eigenvalue weighted by Gasteiger charge is -2.09. The summed E-state index contributed by atoms with van der Waals surface area (Å²) in [6.07, 6.45) is 6.12. The van der Waals surface area contributed by atoms with E-state index in [-0.39, 0.29) is 0 Å². The van der Waals surface area contributed by atoms with Crippen LogP contribution in [-0.2, 0) is 19.5 Å². The highest BCUT2D eigenvalue weighted by Crippen LogP contribution is 2.09. The number of rotatable bonds is 7. The molecule has 3 nitrogen and oxygen atoms in total. The number of hydrogen-bond donors (Lipinski definition) is 1. The highest BCUT2D eigenvalue weighted by molar-refractivity contribution is 5.23. The Kier molecular flexibility index (Phi) is 5.16. The molecule has 1 aromatic carbocycles. The van der Waals surface area contributed by atoms with E-state index in [0.717, 1.165) is 32.5 Å². The van der Waals surface area contributed by atoms with E-state index in [1.54, 1.807) is 0 Å². The number of hydrogen-bond acceptors (Lipinski definition) is 2. The normalized spacial score (nSPS) is 10.8. The fourth-order valence-electron chi connectivity index (χ4n) is 2.11. The van der Waals surface area contributed by atoms with Crippen molar-refractivity contribution in [3.63, 3.8) is 0 Å². The molecule has 1 aromatic heterocycles. The van der Waals surface area contributed by atoms with Crippen LogP contribution in [0.3, 0.4) is 0 Å². The Bertz CT molecular complexity index is 485. The number of nitrogens with one attached hydrogen (secondary N) is 1. The topological polar surface area (TPSA) is 29.9 Å². The van der Waals surface area contributed by atoms with E-state index in [2.05, 4.69) is 53.0 Å². The number of benzene rings is 1. The molecule has 0 unspecified atom stereocenters. The fraction of sp³-hybridized carbons (Fsp3) is 0.438. The SMILES string of the molecule is CCCNCc1cncn1Cc1ccc(CC)cc1. The Morgan fingerprint density at radius 1 is 1.11 bits per heavy atom. The summed E-state index contributed by atoms with van der Waals surface area (Å²) in [7, 11) is 0. The fourth-order valence-corrected chi connectivity index (χ4v) is 2.11. The average Bonchev–Trinajstić information content (AvgIpc) is 2.87. The van der Waals surface area contributed by atoms with Crippen molar-refractivity contribution < 1.29 is 0 Å². The van der Waals surface area contributed by atoms with E-state index < -0.39 is 0 Å². The molecule has 2 rings (SSSR count). The summed E-state index contributed by atoms with van der Waals surface area (Å²) in [5, 5.41) is 3.42. The van der Waals surface area contributed by atoms with Gasteiger partial charge < -0.3 is 9.88 Å². The van der Waals surface area contributed by atoms with Crippen molar-refractivity contribution in [2.24, 2.45) is 0 Å². The van der Waals surface area contributed by atoms with Gasteiger partial charge in [-0.2, -0.15) is 0 Å². The van der Waals surface area contributed by atoms with Gasteiger partial charge in [0.2, 0.25) is 0 Å². The predicted octanol–water partition coefficient (Wildman–Crippen LogP) is 2.99. The van der Waals surface area contributed by atoms with Crippen molar-refractivity contribution >= 4 is 0 Å². The molecule has 102 valence electrons. The van der Waals surface area contributed by atoms with Gasteiger partial charge in [-0.15, -0.1) is 0 Å². The van der Waals surface area contributed by atoms with Crippen LogP contribution in [0.15, 0.2) is 36.8 Å². The zero-order valence-electron chi connectivity index (χ0n) is 11.9. The van der Waals surface area contributed by atoms with E-state index in [0.29, 0.717) is 0 Å². The zero-order valence-corrected chi connectivity index (χ0v) is 11.9. The summed E-state index contributed by atoms with van der Waals surface area (Å²) in [5.74, 6) is 0. The first-order chi connectivity index (χ1) is 9.33. The Balaban J connectivity index is 1.99. The molecule has 0 spiro atoms. The van der Waals surface area contributed by atoms with Crippen LogP contribution in [0, 0.1) is 0 Å². The molecular weight excluding hydrogens is 234 g/mol. The van der Waals surface area contributed by atoms with Crippen molar-refractivity contribution in [2.45, 2.75) is 39.8 Å². The maximum absolute atomic E-state index is 4.25. The zero-order chi connectivity index (χ0) is 13.5. The molecule has 0 bridgehead atoms. The second-order valence-electron chi connectivity index (χ2n) is 4.86. The minimum absolute atomic E-state index is 0.890. The minimum Gasteiger partial charge on any atom is -0.329 e. The van der Waals surface area contributed by atoms with Crippen LogP contribution in [0.25, 0.3) is 0 Å². The van der Waals surface area contributed by atoms with Gasteiger partial charge >= 0.3 is 0 Å². The first-order valence-electron chi connectivity index (χ1n) is 7.11. The highest BCUT2D eigenvalue weighted by atomic mass is 15.1. The van der Waals surface area contributed by atoms with Crippen LogP contribution in [0.4, 0.5) is 0 Å². The molecule has 0 aliphatic carbocycles. The smallest absolute Gasteiger partial charge is 0.0951 e. The molecule has 2 aromatic rings. The molecule has 1 N–H and O–H groups in total. The van der Waals surface area contributed by atoms with E-state index in [9.17, 15) is 0 Å². The molecule has 0 atom stereocenters. The number of aryl methyl sites for hydroxylation is 1. The van der Waals surface area contributed by atoms with Gasteiger partial charge in [-0.3, -0.25) is 0 Å². The maximum atomic E-state index is 4.25. The van der Waals surface area contributed by atoms with Crippen molar-refractivity contribution in [1.82, 2.24) is 14.9 Å². The number of imidazole rings is 1. The molecule has 0 aliphatic rings. The van der Waals surface area contributed by atoms with Crippen LogP contribution in [0.2, 0.25) is 0 Å². The molecule has 0 radical (unpaired) electrons. The molecule has 0 saturated heterocycles. The maximum Gasteiger partial charge on any atom is 0.0951 e. The lowest BCUT2D eigenvalue weighted by atomic mass is 10.1. The Morgan fingerprint density at radius 2 is 1.84 bits per heavy atom. The van der Waals surface area contributed by atoms with Crippen molar-refractivity contribution in [3.05, 3.63) is 53.6 Å². The number of nitrogens with zero attached hydrogens (tertiary/aromatic N) is 2. The van der Waals surface area contributed by atoms with Gasteiger partial charge in [-0.1, -0.05) is 38.1 Å². The Labute approximate surface area is 115 Å². The quantitative estimate of drug-likeness (QED) is 0.773. The van der Waals surface area contributed by atoms with Crippen LogP contribution in [0.1, 0.15) is 37.1 Å². The summed E-state index contributed by atoms with van der Waals surface area (Å²) in [4.78, 5) is 4.25. The largest absolute Gasteiger partial charge is 0.329 e. The molecule has 19 heavy (non-hydrogen) atoms. The van der Waals surface area contributed by atoms with Crippen molar-refractivity contribution in [1.29, 1.82) is 0 Å². The van der Waals surface area contributed by atoms with Gasteiger partial charge in [-0.05, 0) is 30.5 Å². The predicted molar refractivity (Wildman–Crippen MR) is 79.1 cm³/mol. The molecular formula is C16H23N3. The summed E-state index contributed by atoms with van der Waals surface area (Å²) in [6, 6.07) is 8.84. The Hall–Kier alpha value is -1.61. The monoisotopic (exact) mass is 257 g/mol. The van der Waals surface area contributed by atoms with Crippen LogP contribution >= 0.6 is 0 Å². The average molecular weight is 257 g/mol. The van der Waals surface area contributed by atoms with E-state index in [1.165, 1.54) is 16.8 Å². The summed E-state index contributed by atoms with van der Waals surface area (Å²) in [6.45, 7) is 7.20. The minimum atomic E-state index is 0.890. The lowest BCUT2D eigenvalue weighted by Crippen LogP contribution is -2.17. The third-order valence-corrected chi connectivity index (χ3v) is 3.32. The summed E-state index contributed by atoms with van der Waals surface area (Å²) < 4.78 is 2.21. The summed E-state index contributed by atoms with van der Waals surface area (Å²) in [5.41, 5.74) is 3.96. The standard InChI is InChI=1S/C16H23N3/c1-3-9-17-10-16-11-18-13-19(16)12-15-7-5-14(4-2)6-8-15/h5-8,11,13,17H,3-4,9-10,12H2,1-2H3. The Morgan fingerprint density at radius 3 is 2.53 bits per heavy atom. The molecule has 0 amide bonds. The van der Waals surface area contributed by atoms with Gasteiger partial charge in [-0.25, -0.2) is 4.98 Å². The molecule has 0 saturated carbocycles. The first kappa shape index (κ1) is 13.8. The van der Waals surface area contributed by atoms with Gasteiger partial charge in [0.1, 0.15) is 0 Å². The van der Waals surface area contributed by atoms with Gasteiger partial charge in [0, 0.05) is 19.3 Å². The third-order valence-electron chi connectivity index (χ3n) is 3.32. The van der Waals surface area contributed by atoms with Crippen LogP contribution in [-0.4, -0.2) is 16.1 Å². The van der Waals surface area contributed by atoms with E-state index in [1.807, 2.05) is 12.5 Å². The summed E-state index contributed by atoms with van der Waals surface area (Å²) >= 11 is 0. The van der Waals surface area contributed by atoms with Gasteiger partial charge in [0.25, 0.3) is 0 Å². The molecule has 3 heteroatoms. The van der Waals surface area contributed by atoms with E-state index in [4.69, 9.17) is 0 Å². The van der Waals surface area contributed by atoms with Gasteiger partial charge in [0.15, 0.2) is 0 Å². The number of aromatic nitrogens is 2. The van der Waals surface area contributed by atoms with Crippen LogP contribution in [0.5, 0.6) is 0 Å². The van der Waals surface area contributed by atoms with Crippen LogP contribution < -0.4 is 5.32 Å². The van der Waals surface area contributed by atoms with E-state index >= 15 is 0 Å². The van der Waals surface area contributed by atoms with Crippen molar-refractivity contribution in [3.8, 4) is 0 Å². The van der Waals surface area contributed by atoms with Crippen molar-refractivity contribution in [2.75, 3.05) is 6.54 Å². The second-order valence-corrected chi connectivity index (χ2v) is 4.86. The van der Waals surface area contributed by atoms with Gasteiger partial charge in [0.05, 0.1) is 12.0 Å². The third kappa shape index (κ3) is 3.93. The second kappa shape index (κ2) is 7.10. The highest BCUT2D eigenvalue weighted by Gasteiger charge is 2.02. The lowest BCUT2D eigenvalue weighted by molar-refractivity contribution is 0.630.